The van der Waals surface area contributed by atoms with Crippen molar-refractivity contribution in [1.82, 2.24) is 4.98 Å². The van der Waals surface area contributed by atoms with Gasteiger partial charge in [0.15, 0.2) is 0 Å². The Kier molecular flexibility index (Phi) is 4.53. The van der Waals surface area contributed by atoms with Crippen molar-refractivity contribution in [2.45, 2.75) is 6.92 Å². The average Bonchev–Trinajstić information content (AvgIpc) is 2.44. The molecule has 0 radical (unpaired) electrons. The number of nitrogens with one attached hydrogen (secondary N) is 2. The highest BCUT2D eigenvalue weighted by molar-refractivity contribution is 6.30. The van der Waals surface area contributed by atoms with Crippen LogP contribution in [-0.4, -0.2) is 17.4 Å². The van der Waals surface area contributed by atoms with Crippen LogP contribution < -0.4 is 10.6 Å². The molecule has 0 saturated heterocycles. The van der Waals surface area contributed by atoms with Gasteiger partial charge >= 0.3 is 0 Å². The molecule has 1 heterocycles. The van der Waals surface area contributed by atoms with E-state index in [9.17, 15) is 9.18 Å². The highest BCUT2D eigenvalue weighted by atomic mass is 35.5. The Balaban J connectivity index is 2.09. The fraction of sp³-hybridized carbons (Fsp3) is 0.143. The van der Waals surface area contributed by atoms with Gasteiger partial charge in [-0.05, 0) is 37.3 Å². The van der Waals surface area contributed by atoms with Crippen LogP contribution in [0.2, 0.25) is 5.02 Å². The Bertz CT molecular complexity index is 616. The van der Waals surface area contributed by atoms with Crippen molar-refractivity contribution in [2.24, 2.45) is 0 Å². The zero-order valence-electron chi connectivity index (χ0n) is 10.8. The molecule has 0 saturated carbocycles. The van der Waals surface area contributed by atoms with Crippen molar-refractivity contribution >= 4 is 29.0 Å². The summed E-state index contributed by atoms with van der Waals surface area (Å²) in [6.45, 7) is 2.71. The largest absolute Gasteiger partial charge is 0.370 e. The first-order valence-corrected chi connectivity index (χ1v) is 6.44. The lowest BCUT2D eigenvalue weighted by molar-refractivity contribution is 0.102. The van der Waals surface area contributed by atoms with E-state index in [1.54, 1.807) is 12.1 Å². The van der Waals surface area contributed by atoms with Gasteiger partial charge in [0, 0.05) is 18.4 Å². The number of pyridine rings is 1. The van der Waals surface area contributed by atoms with Gasteiger partial charge in [-0.2, -0.15) is 0 Å². The summed E-state index contributed by atoms with van der Waals surface area (Å²) in [5, 5.41) is 5.62. The SMILES string of the molecule is CCNc1ccc(C(=O)Nc2ccc(Cl)c(F)c2)cn1. The number of anilines is 2. The van der Waals surface area contributed by atoms with E-state index in [2.05, 4.69) is 15.6 Å². The number of carbonyl (C=O) groups excluding carboxylic acids is 1. The molecule has 104 valence electrons. The molecule has 0 aliphatic heterocycles. The molecule has 4 nitrogen and oxygen atoms in total. The minimum absolute atomic E-state index is 0.0136. The summed E-state index contributed by atoms with van der Waals surface area (Å²) in [4.78, 5) is 16.0. The lowest BCUT2D eigenvalue weighted by Gasteiger charge is -2.07. The highest BCUT2D eigenvalue weighted by Gasteiger charge is 2.08. The van der Waals surface area contributed by atoms with Gasteiger partial charge in [0.05, 0.1) is 10.6 Å². The predicted octanol–water partition coefficient (Wildman–Crippen LogP) is 3.56. The van der Waals surface area contributed by atoms with Crippen LogP contribution in [0, 0.1) is 5.82 Å². The van der Waals surface area contributed by atoms with Gasteiger partial charge in [0.1, 0.15) is 11.6 Å². The van der Waals surface area contributed by atoms with E-state index in [1.165, 1.54) is 24.4 Å². The van der Waals surface area contributed by atoms with E-state index in [4.69, 9.17) is 11.6 Å². The van der Waals surface area contributed by atoms with Gasteiger partial charge in [-0.15, -0.1) is 0 Å². The predicted molar refractivity (Wildman–Crippen MR) is 77.8 cm³/mol. The van der Waals surface area contributed by atoms with E-state index >= 15 is 0 Å². The molecular weight excluding hydrogens is 281 g/mol. The molecule has 2 aromatic rings. The number of carbonyl (C=O) groups is 1. The monoisotopic (exact) mass is 293 g/mol. The molecule has 1 aromatic carbocycles. The topological polar surface area (TPSA) is 54.0 Å². The maximum atomic E-state index is 13.3. The van der Waals surface area contributed by atoms with Gasteiger partial charge in [-0.1, -0.05) is 11.6 Å². The Morgan fingerprint density at radius 1 is 1.35 bits per heavy atom. The third-order valence-corrected chi connectivity index (χ3v) is 2.87. The summed E-state index contributed by atoms with van der Waals surface area (Å²) >= 11 is 5.58. The van der Waals surface area contributed by atoms with Crippen molar-refractivity contribution < 1.29 is 9.18 Å². The van der Waals surface area contributed by atoms with Crippen molar-refractivity contribution in [3.8, 4) is 0 Å². The summed E-state index contributed by atoms with van der Waals surface area (Å²) in [7, 11) is 0. The highest BCUT2D eigenvalue weighted by Crippen LogP contribution is 2.19. The molecule has 1 aromatic heterocycles. The van der Waals surface area contributed by atoms with Crippen LogP contribution in [0.15, 0.2) is 36.5 Å². The normalized spacial score (nSPS) is 10.2. The molecule has 0 aliphatic carbocycles. The lowest BCUT2D eigenvalue weighted by Crippen LogP contribution is -2.12. The second kappa shape index (κ2) is 6.34. The van der Waals surface area contributed by atoms with Crippen molar-refractivity contribution in [3.63, 3.8) is 0 Å². The molecule has 0 unspecified atom stereocenters. The molecule has 20 heavy (non-hydrogen) atoms. The minimum atomic E-state index is -0.579. The zero-order chi connectivity index (χ0) is 14.5. The molecule has 0 aliphatic rings. The Morgan fingerprint density at radius 3 is 2.75 bits per heavy atom. The average molecular weight is 294 g/mol. The number of aromatic nitrogens is 1. The zero-order valence-corrected chi connectivity index (χ0v) is 11.5. The second-order valence-corrected chi connectivity index (χ2v) is 4.45. The van der Waals surface area contributed by atoms with Crippen molar-refractivity contribution in [2.75, 3.05) is 17.2 Å². The first kappa shape index (κ1) is 14.3. The van der Waals surface area contributed by atoms with Gasteiger partial charge in [-0.3, -0.25) is 4.79 Å². The first-order chi connectivity index (χ1) is 9.60. The summed E-state index contributed by atoms with van der Waals surface area (Å²) in [5.41, 5.74) is 0.731. The fourth-order valence-corrected chi connectivity index (χ4v) is 1.71. The summed E-state index contributed by atoms with van der Waals surface area (Å²) in [5.74, 6) is -0.242. The number of rotatable bonds is 4. The van der Waals surface area contributed by atoms with Crippen LogP contribution >= 0.6 is 11.6 Å². The van der Waals surface area contributed by atoms with Crippen molar-refractivity contribution in [3.05, 3.63) is 52.9 Å². The number of benzene rings is 1. The lowest BCUT2D eigenvalue weighted by atomic mass is 10.2. The molecule has 2 rings (SSSR count). The fourth-order valence-electron chi connectivity index (χ4n) is 1.59. The number of nitrogens with zero attached hydrogens (tertiary/aromatic N) is 1. The quantitative estimate of drug-likeness (QED) is 0.906. The van der Waals surface area contributed by atoms with E-state index in [0.717, 1.165) is 6.54 Å². The maximum Gasteiger partial charge on any atom is 0.257 e. The van der Waals surface area contributed by atoms with Crippen LogP contribution in [0.3, 0.4) is 0 Å². The summed E-state index contributed by atoms with van der Waals surface area (Å²) < 4.78 is 13.3. The molecular formula is C14H13ClFN3O. The Morgan fingerprint density at radius 2 is 2.15 bits per heavy atom. The van der Waals surface area contributed by atoms with Crippen LogP contribution in [0.25, 0.3) is 0 Å². The van der Waals surface area contributed by atoms with Gasteiger partial charge in [0.2, 0.25) is 0 Å². The third kappa shape index (κ3) is 3.45. The van der Waals surface area contributed by atoms with Crippen molar-refractivity contribution in [1.29, 1.82) is 0 Å². The first-order valence-electron chi connectivity index (χ1n) is 6.06. The van der Waals surface area contributed by atoms with Crippen LogP contribution in [0.5, 0.6) is 0 Å². The smallest absolute Gasteiger partial charge is 0.257 e. The molecule has 0 fully saturated rings. The molecule has 2 N–H and O–H groups in total. The minimum Gasteiger partial charge on any atom is -0.370 e. The number of amides is 1. The van der Waals surface area contributed by atoms with Gasteiger partial charge < -0.3 is 10.6 Å². The standard InChI is InChI=1S/C14H13ClFN3O/c1-2-17-13-6-3-9(8-18-13)14(20)19-10-4-5-11(15)12(16)7-10/h3-8H,2H2,1H3,(H,17,18)(H,19,20). The van der Waals surface area contributed by atoms with E-state index in [-0.39, 0.29) is 10.9 Å². The van der Waals surface area contributed by atoms with E-state index in [1.807, 2.05) is 6.92 Å². The maximum absolute atomic E-state index is 13.3. The molecule has 1 amide bonds. The van der Waals surface area contributed by atoms with E-state index in [0.29, 0.717) is 17.1 Å². The number of hydrogen-bond acceptors (Lipinski definition) is 3. The number of hydrogen-bond donors (Lipinski definition) is 2. The summed E-state index contributed by atoms with van der Waals surface area (Å²) in [6.07, 6.45) is 1.46. The molecule has 6 heteroatoms. The number of halogens is 2. The Labute approximate surface area is 121 Å². The third-order valence-electron chi connectivity index (χ3n) is 2.56. The Hall–Kier alpha value is -2.14. The molecule has 0 bridgehead atoms. The summed E-state index contributed by atoms with van der Waals surface area (Å²) in [6, 6.07) is 7.44. The van der Waals surface area contributed by atoms with Crippen LogP contribution in [0.1, 0.15) is 17.3 Å². The van der Waals surface area contributed by atoms with Gasteiger partial charge in [-0.25, -0.2) is 9.37 Å². The molecule has 0 spiro atoms. The van der Waals surface area contributed by atoms with Crippen LogP contribution in [0.4, 0.5) is 15.9 Å². The van der Waals surface area contributed by atoms with E-state index < -0.39 is 5.82 Å². The van der Waals surface area contributed by atoms with Crippen LogP contribution in [-0.2, 0) is 0 Å². The second-order valence-electron chi connectivity index (χ2n) is 4.05. The molecule has 0 atom stereocenters. The van der Waals surface area contributed by atoms with Gasteiger partial charge in [0.25, 0.3) is 5.91 Å².